The second kappa shape index (κ2) is 8.77. The van der Waals surface area contributed by atoms with Gasteiger partial charge in [0.1, 0.15) is 6.10 Å². The molecule has 1 saturated heterocycles. The van der Waals surface area contributed by atoms with Crippen LogP contribution >= 0.6 is 0 Å². The van der Waals surface area contributed by atoms with Crippen molar-refractivity contribution in [3.63, 3.8) is 0 Å². The van der Waals surface area contributed by atoms with E-state index in [9.17, 15) is 14.4 Å². The third-order valence-corrected chi connectivity index (χ3v) is 3.94. The first kappa shape index (κ1) is 19.9. The van der Waals surface area contributed by atoms with Crippen LogP contribution in [0.2, 0.25) is 0 Å². The molecule has 26 heavy (non-hydrogen) atoms. The Bertz CT molecular complexity index is 648. The molecule has 1 aliphatic heterocycles. The molecule has 2 unspecified atom stereocenters. The SMILES string of the molecule is CC(=O)OC1[C@H](C)OC(C(N)=O)[C@@H](OC(C)=O)[C@H]1OCc1ccccc1. The highest BCUT2D eigenvalue weighted by molar-refractivity contribution is 5.80. The summed E-state index contributed by atoms with van der Waals surface area (Å²) in [6, 6.07) is 9.29. The van der Waals surface area contributed by atoms with Gasteiger partial charge >= 0.3 is 11.9 Å². The highest BCUT2D eigenvalue weighted by Crippen LogP contribution is 2.29. The van der Waals surface area contributed by atoms with Crippen LogP contribution in [0.5, 0.6) is 0 Å². The van der Waals surface area contributed by atoms with Crippen molar-refractivity contribution >= 4 is 17.8 Å². The quantitative estimate of drug-likeness (QED) is 0.738. The summed E-state index contributed by atoms with van der Waals surface area (Å²) in [7, 11) is 0. The van der Waals surface area contributed by atoms with Crippen LogP contribution in [-0.2, 0) is 39.9 Å². The lowest BCUT2D eigenvalue weighted by atomic mass is 9.94. The van der Waals surface area contributed by atoms with Crippen molar-refractivity contribution in [3.05, 3.63) is 35.9 Å². The minimum absolute atomic E-state index is 0.166. The Morgan fingerprint density at radius 1 is 1.00 bits per heavy atom. The molecule has 0 aliphatic carbocycles. The van der Waals surface area contributed by atoms with Crippen molar-refractivity contribution in [2.45, 2.75) is 57.9 Å². The fourth-order valence-corrected chi connectivity index (χ4v) is 2.87. The first-order valence-corrected chi connectivity index (χ1v) is 8.24. The summed E-state index contributed by atoms with van der Waals surface area (Å²) in [6.45, 7) is 4.25. The Labute approximate surface area is 151 Å². The molecule has 142 valence electrons. The average molecular weight is 365 g/mol. The number of carbonyl (C=O) groups is 3. The number of rotatable bonds is 6. The Morgan fingerprint density at radius 3 is 2.12 bits per heavy atom. The zero-order chi connectivity index (χ0) is 19.3. The van der Waals surface area contributed by atoms with Crippen LogP contribution in [0.1, 0.15) is 26.3 Å². The first-order valence-electron chi connectivity index (χ1n) is 8.24. The number of hydrogen-bond donors (Lipinski definition) is 1. The summed E-state index contributed by atoms with van der Waals surface area (Å²) in [5, 5.41) is 0. The van der Waals surface area contributed by atoms with E-state index < -0.39 is 48.4 Å². The number of hydrogen-bond acceptors (Lipinski definition) is 7. The van der Waals surface area contributed by atoms with Crippen LogP contribution in [0.3, 0.4) is 0 Å². The number of carbonyl (C=O) groups excluding carboxylic acids is 3. The number of ether oxygens (including phenoxy) is 4. The Hall–Kier alpha value is -2.45. The predicted molar refractivity (Wildman–Crippen MR) is 89.7 cm³/mol. The molecular formula is C18H23NO7. The van der Waals surface area contributed by atoms with Gasteiger partial charge in [-0.05, 0) is 12.5 Å². The van der Waals surface area contributed by atoms with Crippen LogP contribution in [-0.4, -0.2) is 48.4 Å². The maximum absolute atomic E-state index is 11.8. The van der Waals surface area contributed by atoms with Crippen LogP contribution in [0.15, 0.2) is 30.3 Å². The second-order valence-electron chi connectivity index (χ2n) is 6.07. The number of esters is 2. The van der Waals surface area contributed by atoms with Gasteiger partial charge in [0.05, 0.1) is 12.7 Å². The van der Waals surface area contributed by atoms with Crippen LogP contribution in [0.25, 0.3) is 0 Å². The van der Waals surface area contributed by atoms with E-state index in [-0.39, 0.29) is 6.61 Å². The second-order valence-corrected chi connectivity index (χ2v) is 6.07. The molecule has 0 saturated carbocycles. The number of primary amides is 1. The standard InChI is InChI=1S/C18H23NO7/c1-10-14(25-11(2)20)15(23-9-13-7-5-4-6-8-13)16(26-12(3)21)17(24-10)18(19)22/h4-8,10,14-17H,9H2,1-3H3,(H2,19,22)/t10-,14?,15-,16-,17?/m0/s1. The summed E-state index contributed by atoms with van der Waals surface area (Å²) in [5.41, 5.74) is 6.26. The van der Waals surface area contributed by atoms with Crippen molar-refractivity contribution in [3.8, 4) is 0 Å². The minimum atomic E-state index is -1.21. The minimum Gasteiger partial charge on any atom is -0.457 e. The molecule has 0 aromatic heterocycles. The highest BCUT2D eigenvalue weighted by atomic mass is 16.6. The Kier molecular flexibility index (Phi) is 6.70. The predicted octanol–water partition coefficient (Wildman–Crippen LogP) is 0.708. The lowest BCUT2D eigenvalue weighted by Crippen LogP contribution is -2.63. The maximum Gasteiger partial charge on any atom is 0.303 e. The molecule has 0 bridgehead atoms. The van der Waals surface area contributed by atoms with Gasteiger partial charge in [0, 0.05) is 13.8 Å². The molecule has 0 spiro atoms. The molecule has 1 fully saturated rings. The van der Waals surface area contributed by atoms with Crippen LogP contribution < -0.4 is 5.73 Å². The molecule has 1 heterocycles. The van der Waals surface area contributed by atoms with Gasteiger partial charge in [-0.1, -0.05) is 30.3 Å². The van der Waals surface area contributed by atoms with Crippen LogP contribution in [0, 0.1) is 0 Å². The van der Waals surface area contributed by atoms with E-state index in [2.05, 4.69) is 0 Å². The summed E-state index contributed by atoms with van der Waals surface area (Å²) >= 11 is 0. The number of nitrogens with two attached hydrogens (primary N) is 1. The first-order chi connectivity index (χ1) is 12.3. The normalized spacial score (nSPS) is 28.2. The molecule has 1 aromatic carbocycles. The topological polar surface area (TPSA) is 114 Å². The van der Waals surface area contributed by atoms with Gasteiger partial charge in [-0.3, -0.25) is 14.4 Å². The van der Waals surface area contributed by atoms with Gasteiger partial charge in [0.2, 0.25) is 0 Å². The van der Waals surface area contributed by atoms with Gasteiger partial charge in [-0.2, -0.15) is 0 Å². The van der Waals surface area contributed by atoms with Gasteiger partial charge in [0.25, 0.3) is 5.91 Å². The summed E-state index contributed by atoms with van der Waals surface area (Å²) in [5.74, 6) is -1.97. The third-order valence-electron chi connectivity index (χ3n) is 3.94. The van der Waals surface area contributed by atoms with Gasteiger partial charge in [-0.25, -0.2) is 0 Å². The lowest BCUT2D eigenvalue weighted by Gasteiger charge is -2.43. The maximum atomic E-state index is 11.8. The van der Waals surface area contributed by atoms with Gasteiger partial charge in [0.15, 0.2) is 18.3 Å². The lowest BCUT2D eigenvalue weighted by molar-refractivity contribution is -0.244. The van der Waals surface area contributed by atoms with E-state index in [4.69, 9.17) is 24.7 Å². The smallest absolute Gasteiger partial charge is 0.303 e. The Morgan fingerprint density at radius 2 is 1.58 bits per heavy atom. The van der Waals surface area contributed by atoms with Gasteiger partial charge < -0.3 is 24.7 Å². The highest BCUT2D eigenvalue weighted by Gasteiger charge is 2.51. The number of benzene rings is 1. The average Bonchev–Trinajstić information content (AvgIpc) is 2.56. The summed E-state index contributed by atoms with van der Waals surface area (Å²) in [6.07, 6.45) is -4.79. The Balaban J connectivity index is 2.29. The van der Waals surface area contributed by atoms with Crippen molar-refractivity contribution < 1.29 is 33.3 Å². The molecular weight excluding hydrogens is 342 g/mol. The van der Waals surface area contributed by atoms with Gasteiger partial charge in [-0.15, -0.1) is 0 Å². The molecule has 5 atom stereocenters. The fourth-order valence-electron chi connectivity index (χ4n) is 2.87. The van der Waals surface area contributed by atoms with Crippen LogP contribution in [0.4, 0.5) is 0 Å². The molecule has 2 rings (SSSR count). The zero-order valence-electron chi connectivity index (χ0n) is 14.9. The van der Waals surface area contributed by atoms with E-state index in [1.165, 1.54) is 13.8 Å². The molecule has 8 heteroatoms. The molecule has 8 nitrogen and oxygen atoms in total. The molecule has 1 aromatic rings. The molecule has 0 radical (unpaired) electrons. The van der Waals surface area contributed by atoms with Crippen molar-refractivity contribution in [2.24, 2.45) is 5.73 Å². The molecule has 2 N–H and O–H groups in total. The van der Waals surface area contributed by atoms with Crippen molar-refractivity contribution in [1.29, 1.82) is 0 Å². The van der Waals surface area contributed by atoms with Crippen molar-refractivity contribution in [2.75, 3.05) is 0 Å². The largest absolute Gasteiger partial charge is 0.457 e. The summed E-state index contributed by atoms with van der Waals surface area (Å²) in [4.78, 5) is 34.8. The third kappa shape index (κ3) is 5.03. The van der Waals surface area contributed by atoms with E-state index >= 15 is 0 Å². The van der Waals surface area contributed by atoms with E-state index in [1.54, 1.807) is 6.92 Å². The summed E-state index contributed by atoms with van der Waals surface area (Å²) < 4.78 is 22.0. The fraction of sp³-hybridized carbons (Fsp3) is 0.500. The van der Waals surface area contributed by atoms with E-state index in [0.717, 1.165) is 5.56 Å². The molecule has 1 amide bonds. The zero-order valence-corrected chi connectivity index (χ0v) is 14.9. The monoisotopic (exact) mass is 365 g/mol. The van der Waals surface area contributed by atoms with E-state index in [1.807, 2.05) is 30.3 Å². The molecule has 1 aliphatic rings. The van der Waals surface area contributed by atoms with E-state index in [0.29, 0.717) is 0 Å². The number of amides is 1. The van der Waals surface area contributed by atoms with Crippen molar-refractivity contribution in [1.82, 2.24) is 0 Å².